The fraction of sp³-hybridized carbons (Fsp3) is 0.917. The first kappa shape index (κ1) is 12.6. The molecule has 0 aliphatic carbocycles. The summed E-state index contributed by atoms with van der Waals surface area (Å²) in [4.78, 5) is 14.1. The van der Waals surface area contributed by atoms with Gasteiger partial charge in [-0.05, 0) is 43.1 Å². The first-order chi connectivity index (χ1) is 7.75. The van der Waals surface area contributed by atoms with Crippen LogP contribution in [0, 0.1) is 5.92 Å². The maximum atomic E-state index is 12.0. The van der Waals surface area contributed by atoms with E-state index in [0.29, 0.717) is 11.8 Å². The van der Waals surface area contributed by atoms with E-state index in [2.05, 4.69) is 0 Å². The molecule has 16 heavy (non-hydrogen) atoms. The largest absolute Gasteiger partial charge is 0.343 e. The van der Waals surface area contributed by atoms with Crippen molar-refractivity contribution in [2.45, 2.75) is 37.5 Å². The molecule has 4 heteroatoms. The summed E-state index contributed by atoms with van der Waals surface area (Å²) in [6, 6.07) is 0. The van der Waals surface area contributed by atoms with E-state index in [-0.39, 0.29) is 5.38 Å². The monoisotopic (exact) mass is 261 g/mol. The molecular weight excluding hydrogens is 242 g/mol. The number of thioether (sulfide) groups is 1. The minimum Gasteiger partial charge on any atom is -0.343 e. The Morgan fingerprint density at radius 2 is 1.81 bits per heavy atom. The van der Waals surface area contributed by atoms with Gasteiger partial charge in [-0.3, -0.25) is 4.79 Å². The highest BCUT2D eigenvalue weighted by Crippen LogP contribution is 2.26. The van der Waals surface area contributed by atoms with Gasteiger partial charge < -0.3 is 4.90 Å². The normalized spacial score (nSPS) is 24.7. The SMILES string of the molecule is O=C(CC1CCSCC1)N1CCC(Cl)CC1. The van der Waals surface area contributed by atoms with E-state index in [0.717, 1.165) is 32.4 Å². The second-order valence-electron chi connectivity index (χ2n) is 4.82. The van der Waals surface area contributed by atoms with E-state index in [1.807, 2.05) is 16.7 Å². The smallest absolute Gasteiger partial charge is 0.222 e. The number of carbonyl (C=O) groups is 1. The Labute approximate surface area is 107 Å². The van der Waals surface area contributed by atoms with Crippen LogP contribution in [0.3, 0.4) is 0 Å². The van der Waals surface area contributed by atoms with Gasteiger partial charge in [-0.25, -0.2) is 0 Å². The molecular formula is C12H20ClNOS. The molecule has 2 fully saturated rings. The highest BCUT2D eigenvalue weighted by atomic mass is 35.5. The van der Waals surface area contributed by atoms with E-state index in [1.54, 1.807) is 0 Å². The minimum absolute atomic E-state index is 0.287. The van der Waals surface area contributed by atoms with E-state index < -0.39 is 0 Å². The fourth-order valence-electron chi connectivity index (χ4n) is 2.42. The van der Waals surface area contributed by atoms with Gasteiger partial charge in [0.1, 0.15) is 0 Å². The number of amides is 1. The molecule has 0 unspecified atom stereocenters. The Morgan fingerprint density at radius 1 is 1.19 bits per heavy atom. The summed E-state index contributed by atoms with van der Waals surface area (Å²) in [6.07, 6.45) is 5.15. The third-order valence-corrected chi connectivity index (χ3v) is 5.07. The van der Waals surface area contributed by atoms with Crippen molar-refractivity contribution in [3.63, 3.8) is 0 Å². The van der Waals surface area contributed by atoms with Crippen LogP contribution >= 0.6 is 23.4 Å². The number of likely N-dealkylation sites (tertiary alicyclic amines) is 1. The number of hydrogen-bond acceptors (Lipinski definition) is 2. The molecule has 2 aliphatic rings. The molecule has 0 aromatic carbocycles. The zero-order chi connectivity index (χ0) is 11.4. The third-order valence-electron chi connectivity index (χ3n) is 3.58. The molecule has 92 valence electrons. The number of halogens is 1. The number of hydrogen-bond donors (Lipinski definition) is 0. The standard InChI is InChI=1S/C12H20ClNOS/c13-11-1-5-14(6-2-11)12(15)9-10-3-7-16-8-4-10/h10-11H,1-9H2. The van der Waals surface area contributed by atoms with Crippen LogP contribution in [0.25, 0.3) is 0 Å². The number of nitrogens with zero attached hydrogens (tertiary/aromatic N) is 1. The van der Waals surface area contributed by atoms with Crippen LogP contribution in [0.15, 0.2) is 0 Å². The molecule has 2 aliphatic heterocycles. The first-order valence-corrected chi connectivity index (χ1v) is 7.84. The molecule has 0 aromatic heterocycles. The average Bonchev–Trinajstić information content (AvgIpc) is 2.31. The van der Waals surface area contributed by atoms with Crippen LogP contribution in [0.1, 0.15) is 32.1 Å². The maximum Gasteiger partial charge on any atom is 0.222 e. The quantitative estimate of drug-likeness (QED) is 0.713. The molecule has 0 spiro atoms. The van der Waals surface area contributed by atoms with Crippen LogP contribution in [-0.2, 0) is 4.79 Å². The second kappa shape index (κ2) is 6.15. The minimum atomic E-state index is 0.287. The number of piperidine rings is 1. The van der Waals surface area contributed by atoms with Crippen molar-refractivity contribution in [1.29, 1.82) is 0 Å². The molecule has 2 heterocycles. The van der Waals surface area contributed by atoms with Gasteiger partial charge in [-0.1, -0.05) is 0 Å². The topological polar surface area (TPSA) is 20.3 Å². The molecule has 0 aromatic rings. The summed E-state index contributed by atoms with van der Waals surface area (Å²) in [5, 5.41) is 0.287. The van der Waals surface area contributed by atoms with Crippen molar-refractivity contribution in [3.8, 4) is 0 Å². The Kier molecular flexibility index (Phi) is 4.83. The van der Waals surface area contributed by atoms with Crippen LogP contribution in [-0.4, -0.2) is 40.8 Å². The lowest BCUT2D eigenvalue weighted by Crippen LogP contribution is -2.39. The third kappa shape index (κ3) is 3.56. The van der Waals surface area contributed by atoms with Crippen LogP contribution in [0.5, 0.6) is 0 Å². The van der Waals surface area contributed by atoms with Gasteiger partial charge in [0.15, 0.2) is 0 Å². The predicted molar refractivity (Wildman–Crippen MR) is 70.1 cm³/mol. The lowest BCUT2D eigenvalue weighted by Gasteiger charge is -2.31. The van der Waals surface area contributed by atoms with Crippen LogP contribution in [0.2, 0.25) is 0 Å². The van der Waals surface area contributed by atoms with E-state index in [4.69, 9.17) is 11.6 Å². The van der Waals surface area contributed by atoms with Crippen molar-refractivity contribution in [1.82, 2.24) is 4.90 Å². The number of carbonyl (C=O) groups excluding carboxylic acids is 1. The predicted octanol–water partition coefficient (Wildman–Crippen LogP) is 2.75. The fourth-order valence-corrected chi connectivity index (χ4v) is 3.82. The zero-order valence-corrected chi connectivity index (χ0v) is 11.2. The van der Waals surface area contributed by atoms with Crippen molar-refractivity contribution in [2.24, 2.45) is 5.92 Å². The van der Waals surface area contributed by atoms with Crippen LogP contribution < -0.4 is 0 Å². The van der Waals surface area contributed by atoms with Crippen molar-refractivity contribution < 1.29 is 4.79 Å². The molecule has 0 radical (unpaired) electrons. The van der Waals surface area contributed by atoms with Gasteiger partial charge in [0.2, 0.25) is 5.91 Å². The molecule has 0 bridgehead atoms. The Hall–Kier alpha value is 0.110. The molecule has 0 saturated carbocycles. The highest BCUT2D eigenvalue weighted by Gasteiger charge is 2.24. The van der Waals surface area contributed by atoms with Crippen molar-refractivity contribution >= 4 is 29.3 Å². The molecule has 1 amide bonds. The van der Waals surface area contributed by atoms with E-state index >= 15 is 0 Å². The summed E-state index contributed by atoms with van der Waals surface area (Å²) in [5.41, 5.74) is 0. The van der Waals surface area contributed by atoms with Gasteiger partial charge in [0, 0.05) is 24.9 Å². The molecule has 2 saturated heterocycles. The number of alkyl halides is 1. The highest BCUT2D eigenvalue weighted by molar-refractivity contribution is 7.99. The summed E-state index contributed by atoms with van der Waals surface area (Å²) in [6.45, 7) is 1.74. The van der Waals surface area contributed by atoms with Gasteiger partial charge in [-0.15, -0.1) is 11.6 Å². The summed E-state index contributed by atoms with van der Waals surface area (Å²) < 4.78 is 0. The first-order valence-electron chi connectivity index (χ1n) is 6.25. The van der Waals surface area contributed by atoms with Crippen molar-refractivity contribution in [3.05, 3.63) is 0 Å². The van der Waals surface area contributed by atoms with Gasteiger partial charge in [0.25, 0.3) is 0 Å². The summed E-state index contributed by atoms with van der Waals surface area (Å²) in [5.74, 6) is 3.48. The zero-order valence-electron chi connectivity index (χ0n) is 9.66. The molecule has 0 atom stereocenters. The lowest BCUT2D eigenvalue weighted by atomic mass is 9.97. The Morgan fingerprint density at radius 3 is 2.44 bits per heavy atom. The molecule has 2 rings (SSSR count). The summed E-state index contributed by atoms with van der Waals surface area (Å²) in [7, 11) is 0. The maximum absolute atomic E-state index is 12.0. The summed E-state index contributed by atoms with van der Waals surface area (Å²) >= 11 is 8.06. The average molecular weight is 262 g/mol. The molecule has 0 N–H and O–H groups in total. The second-order valence-corrected chi connectivity index (χ2v) is 6.66. The van der Waals surface area contributed by atoms with Gasteiger partial charge in [-0.2, -0.15) is 11.8 Å². The van der Waals surface area contributed by atoms with Gasteiger partial charge in [0.05, 0.1) is 0 Å². The van der Waals surface area contributed by atoms with Gasteiger partial charge >= 0.3 is 0 Å². The van der Waals surface area contributed by atoms with E-state index in [1.165, 1.54) is 24.3 Å². The molecule has 2 nitrogen and oxygen atoms in total. The Bertz CT molecular complexity index is 235. The van der Waals surface area contributed by atoms with Crippen LogP contribution in [0.4, 0.5) is 0 Å². The number of rotatable bonds is 2. The lowest BCUT2D eigenvalue weighted by molar-refractivity contribution is -0.133. The Balaban J connectivity index is 1.74. The van der Waals surface area contributed by atoms with E-state index in [9.17, 15) is 4.79 Å². The van der Waals surface area contributed by atoms with Crippen molar-refractivity contribution in [2.75, 3.05) is 24.6 Å².